The summed E-state index contributed by atoms with van der Waals surface area (Å²) in [6, 6.07) is 30.1. The first kappa shape index (κ1) is 23.2. The van der Waals surface area contributed by atoms with Crippen molar-refractivity contribution < 1.29 is 28.8 Å². The molecule has 0 amide bonds. The Labute approximate surface area is 200 Å². The number of hydrogen-bond donors (Lipinski definition) is 1. The minimum Gasteiger partial charge on any atom is -0.361 e. The van der Waals surface area contributed by atoms with Crippen molar-refractivity contribution in [2.24, 2.45) is 0 Å². The Morgan fingerprint density at radius 1 is 0.794 bits per heavy atom. The van der Waals surface area contributed by atoms with Crippen LogP contribution >= 0.6 is 0 Å². The molecule has 3 aromatic carbocycles. The Hall–Kier alpha value is -2.58. The molecule has 6 nitrogen and oxygen atoms in total. The van der Waals surface area contributed by atoms with Gasteiger partial charge in [0.1, 0.15) is 11.7 Å². The molecule has 0 radical (unpaired) electrons. The van der Waals surface area contributed by atoms with Gasteiger partial charge < -0.3 is 28.8 Å². The monoisotopic (exact) mass is 462 g/mol. The lowest BCUT2D eigenvalue weighted by Crippen LogP contribution is -2.53. The molecule has 1 N–H and O–H groups in total. The molecular weight excluding hydrogens is 432 g/mol. The lowest BCUT2D eigenvalue weighted by atomic mass is 9.80. The van der Waals surface area contributed by atoms with Gasteiger partial charge in [-0.1, -0.05) is 91.0 Å². The number of rotatable bonds is 7. The van der Waals surface area contributed by atoms with Gasteiger partial charge in [0.25, 0.3) is 0 Å². The Morgan fingerprint density at radius 3 is 1.71 bits per heavy atom. The highest BCUT2D eigenvalue weighted by Crippen LogP contribution is 2.46. The number of aliphatic hydroxyl groups is 1. The first-order chi connectivity index (χ1) is 16.4. The van der Waals surface area contributed by atoms with Crippen molar-refractivity contribution >= 4 is 0 Å². The smallest absolute Gasteiger partial charge is 0.226 e. The van der Waals surface area contributed by atoms with E-state index in [1.54, 1.807) is 13.8 Å². The van der Waals surface area contributed by atoms with E-state index in [0.717, 1.165) is 16.7 Å². The fourth-order valence-corrected chi connectivity index (χ4v) is 4.93. The van der Waals surface area contributed by atoms with Crippen LogP contribution in [-0.2, 0) is 29.3 Å². The summed E-state index contributed by atoms with van der Waals surface area (Å²) in [6.07, 6.45) is -2.38. The van der Waals surface area contributed by atoms with Crippen molar-refractivity contribution in [3.05, 3.63) is 108 Å². The largest absolute Gasteiger partial charge is 0.361 e. The fraction of sp³-hybridized carbons (Fsp3) is 0.357. The minimum absolute atomic E-state index is 0.0309. The van der Waals surface area contributed by atoms with Crippen molar-refractivity contribution in [3.8, 4) is 0 Å². The molecule has 1 unspecified atom stereocenters. The Kier molecular flexibility index (Phi) is 6.06. The molecule has 0 spiro atoms. The molecule has 5 rings (SSSR count). The van der Waals surface area contributed by atoms with E-state index >= 15 is 0 Å². The highest BCUT2D eigenvalue weighted by atomic mass is 16.9. The van der Waals surface area contributed by atoms with E-state index in [1.165, 1.54) is 7.11 Å². The lowest BCUT2D eigenvalue weighted by Gasteiger charge is -2.38. The van der Waals surface area contributed by atoms with Crippen molar-refractivity contribution in [3.63, 3.8) is 0 Å². The number of ether oxygens (including phenoxy) is 5. The van der Waals surface area contributed by atoms with E-state index in [-0.39, 0.29) is 6.61 Å². The number of fused-ring (bicyclic) bond motifs is 1. The number of benzene rings is 3. The Balaban J connectivity index is 1.55. The third-order valence-electron chi connectivity index (χ3n) is 6.54. The number of methoxy groups -OCH3 is 1. The van der Waals surface area contributed by atoms with Crippen molar-refractivity contribution in [1.82, 2.24) is 0 Å². The number of hydrogen-bond acceptors (Lipinski definition) is 6. The Morgan fingerprint density at radius 2 is 1.26 bits per heavy atom. The van der Waals surface area contributed by atoms with Gasteiger partial charge in [0, 0.05) is 7.11 Å². The molecule has 2 heterocycles. The molecule has 6 heteroatoms. The zero-order chi connectivity index (χ0) is 23.8. The zero-order valence-electron chi connectivity index (χ0n) is 19.6. The molecule has 0 saturated carbocycles. The average molecular weight is 463 g/mol. The van der Waals surface area contributed by atoms with Crippen molar-refractivity contribution in [2.45, 2.75) is 49.5 Å². The molecule has 3 aromatic rings. The molecule has 0 aromatic heterocycles. The second kappa shape index (κ2) is 8.89. The van der Waals surface area contributed by atoms with E-state index in [9.17, 15) is 5.11 Å². The van der Waals surface area contributed by atoms with Crippen LogP contribution in [0.15, 0.2) is 91.0 Å². The van der Waals surface area contributed by atoms with Crippen LogP contribution in [0.3, 0.4) is 0 Å². The van der Waals surface area contributed by atoms with Gasteiger partial charge in [0.15, 0.2) is 18.2 Å². The molecule has 0 aliphatic carbocycles. The van der Waals surface area contributed by atoms with Crippen LogP contribution in [0.25, 0.3) is 0 Å². The van der Waals surface area contributed by atoms with Gasteiger partial charge in [-0.05, 0) is 30.5 Å². The summed E-state index contributed by atoms with van der Waals surface area (Å²) in [6.45, 7) is 3.59. The quantitative estimate of drug-likeness (QED) is 0.419. The van der Waals surface area contributed by atoms with Crippen LogP contribution in [0.5, 0.6) is 0 Å². The molecule has 178 valence electrons. The molecule has 2 saturated heterocycles. The molecule has 2 fully saturated rings. The predicted octanol–water partition coefficient (Wildman–Crippen LogP) is 4.21. The summed E-state index contributed by atoms with van der Waals surface area (Å²) >= 11 is 0. The second-order valence-electron chi connectivity index (χ2n) is 9.10. The van der Waals surface area contributed by atoms with E-state index in [4.69, 9.17) is 23.7 Å². The first-order valence-corrected chi connectivity index (χ1v) is 11.5. The van der Waals surface area contributed by atoms with E-state index in [1.807, 2.05) is 91.0 Å². The molecular formula is C28H30O6. The van der Waals surface area contributed by atoms with Crippen LogP contribution in [0, 0.1) is 0 Å². The lowest BCUT2D eigenvalue weighted by molar-refractivity contribution is -0.298. The Bertz CT molecular complexity index is 991. The van der Waals surface area contributed by atoms with Crippen LogP contribution in [0.1, 0.15) is 30.5 Å². The third kappa shape index (κ3) is 3.86. The molecule has 4 atom stereocenters. The van der Waals surface area contributed by atoms with E-state index in [0.29, 0.717) is 0 Å². The second-order valence-corrected chi connectivity index (χ2v) is 9.10. The summed E-state index contributed by atoms with van der Waals surface area (Å²) in [5.74, 6) is -2.61. The summed E-state index contributed by atoms with van der Waals surface area (Å²) in [7, 11) is 1.44. The van der Waals surface area contributed by atoms with Crippen LogP contribution in [0.2, 0.25) is 0 Å². The van der Waals surface area contributed by atoms with Crippen molar-refractivity contribution in [1.29, 1.82) is 0 Å². The fourth-order valence-electron chi connectivity index (χ4n) is 4.93. The maximum atomic E-state index is 11.4. The third-order valence-corrected chi connectivity index (χ3v) is 6.54. The van der Waals surface area contributed by atoms with Gasteiger partial charge in [-0.3, -0.25) is 0 Å². The highest BCUT2D eigenvalue weighted by Gasteiger charge is 2.64. The zero-order valence-corrected chi connectivity index (χ0v) is 19.6. The SMILES string of the molecule is CO[C@]1(O)[C@@H](COC(c2ccccc2)(c2ccccc2)c2ccccc2)OC2OC(C)(C)O[C@@H]21. The van der Waals surface area contributed by atoms with Gasteiger partial charge in [-0.25, -0.2) is 0 Å². The van der Waals surface area contributed by atoms with Crippen LogP contribution in [-0.4, -0.2) is 48.9 Å². The standard InChI is InChI=1S/C28H30O6/c1-26(2)33-24-25(34-26)32-23(28(24,29)30-3)19-31-27(20-13-7-4-8-14-20,21-15-9-5-10-16-21)22-17-11-6-12-18-22/h4-18,23-25,29H,19H2,1-3H3/t23-,24+,25?,28-/m1/s1. The van der Waals surface area contributed by atoms with Crippen molar-refractivity contribution in [2.75, 3.05) is 13.7 Å². The summed E-state index contributed by atoms with van der Waals surface area (Å²) in [4.78, 5) is 0. The highest BCUT2D eigenvalue weighted by molar-refractivity contribution is 5.47. The van der Waals surface area contributed by atoms with E-state index < -0.39 is 35.7 Å². The van der Waals surface area contributed by atoms with Crippen LogP contribution in [0.4, 0.5) is 0 Å². The minimum atomic E-state index is -1.73. The van der Waals surface area contributed by atoms with Gasteiger partial charge >= 0.3 is 0 Å². The average Bonchev–Trinajstić information content (AvgIpc) is 3.31. The maximum absolute atomic E-state index is 11.4. The normalized spacial score (nSPS) is 28.1. The van der Waals surface area contributed by atoms with Gasteiger partial charge in [-0.15, -0.1) is 0 Å². The molecule has 34 heavy (non-hydrogen) atoms. The first-order valence-electron chi connectivity index (χ1n) is 11.5. The van der Waals surface area contributed by atoms with E-state index in [2.05, 4.69) is 0 Å². The topological polar surface area (TPSA) is 66.4 Å². The summed E-state index contributed by atoms with van der Waals surface area (Å²) in [5.41, 5.74) is 1.93. The predicted molar refractivity (Wildman–Crippen MR) is 126 cm³/mol. The summed E-state index contributed by atoms with van der Waals surface area (Å²) in [5, 5.41) is 11.4. The molecule has 2 aliphatic rings. The van der Waals surface area contributed by atoms with Gasteiger partial charge in [0.2, 0.25) is 5.79 Å². The molecule has 2 aliphatic heterocycles. The van der Waals surface area contributed by atoms with Gasteiger partial charge in [0.05, 0.1) is 6.61 Å². The van der Waals surface area contributed by atoms with Gasteiger partial charge in [-0.2, -0.15) is 0 Å². The maximum Gasteiger partial charge on any atom is 0.226 e. The van der Waals surface area contributed by atoms with Crippen LogP contribution < -0.4 is 0 Å². The molecule has 0 bridgehead atoms. The summed E-state index contributed by atoms with van der Waals surface area (Å²) < 4.78 is 30.2.